The largest absolute Gasteiger partial charge is 0.436 e. The van der Waals surface area contributed by atoms with Crippen molar-refractivity contribution in [2.24, 2.45) is 0 Å². The zero-order valence-electron chi connectivity index (χ0n) is 44.5. The van der Waals surface area contributed by atoms with Crippen LogP contribution in [0.1, 0.15) is 0 Å². The molecule has 15 aromatic rings. The van der Waals surface area contributed by atoms with Gasteiger partial charge in [-0.15, -0.1) is 0 Å². The van der Waals surface area contributed by atoms with Crippen LogP contribution in [0.3, 0.4) is 0 Å². The van der Waals surface area contributed by atoms with E-state index in [2.05, 4.69) is 277 Å². The highest BCUT2D eigenvalue weighted by Crippen LogP contribution is 2.51. The minimum absolute atomic E-state index is 0.191. The van der Waals surface area contributed by atoms with Gasteiger partial charge in [-0.3, -0.25) is 0 Å². The molecule has 0 saturated heterocycles. The molecule has 0 unspecified atom stereocenters. The quantitative estimate of drug-likeness (QED) is 0.118. The van der Waals surface area contributed by atoms with Gasteiger partial charge in [-0.25, -0.2) is 4.98 Å². The van der Waals surface area contributed by atoms with Crippen molar-refractivity contribution in [2.75, 3.05) is 9.80 Å². The highest BCUT2D eigenvalue weighted by atomic mass is 16.3. The molecule has 0 atom stereocenters. The molecule has 1 aromatic heterocycles. The van der Waals surface area contributed by atoms with Gasteiger partial charge in [-0.1, -0.05) is 206 Å². The van der Waals surface area contributed by atoms with E-state index in [1.807, 2.05) is 24.3 Å². The number of hydrogen-bond acceptors (Lipinski definition) is 4. The molecule has 0 amide bonds. The number of hydrogen-bond donors (Lipinski definition) is 0. The van der Waals surface area contributed by atoms with Crippen LogP contribution in [-0.4, -0.2) is 11.7 Å². The van der Waals surface area contributed by atoms with Crippen LogP contribution in [-0.2, 0) is 0 Å². The fraction of sp³-hybridized carbons (Fsp3) is 0. The van der Waals surface area contributed by atoms with Crippen LogP contribution in [0.2, 0.25) is 0 Å². The van der Waals surface area contributed by atoms with Crippen molar-refractivity contribution in [3.8, 4) is 56.0 Å². The van der Waals surface area contributed by atoms with Gasteiger partial charge in [0.1, 0.15) is 5.52 Å². The molecule has 17 rings (SSSR count). The first-order chi connectivity index (χ1) is 40.6. The monoisotopic (exact) mass is 1040 g/mol. The van der Waals surface area contributed by atoms with Crippen molar-refractivity contribution >= 4 is 111 Å². The summed E-state index contributed by atoms with van der Waals surface area (Å²) in [5.74, 6) is 0.562. The van der Waals surface area contributed by atoms with Crippen LogP contribution in [0.4, 0.5) is 34.1 Å². The molecule has 0 bridgehead atoms. The van der Waals surface area contributed by atoms with Gasteiger partial charge >= 0.3 is 0 Å². The van der Waals surface area contributed by atoms with E-state index < -0.39 is 0 Å². The van der Waals surface area contributed by atoms with Gasteiger partial charge in [-0.2, -0.15) is 0 Å². The molecular formula is C77H48BN3O. The molecule has 5 heteroatoms. The van der Waals surface area contributed by atoms with Gasteiger partial charge in [0.05, 0.1) is 0 Å². The SMILES string of the molecule is c1ccc(-c2cc(-c3ccccc3)cc(N3c4cc(-c5nc6ccccc6o5)cc5c4B(c4ccc6cc7ccccc7cc6c43)c3ccc4cc6ccccc6cc4c3N5c3cc(-c4ccccc4)cc(-c4ccccc4)c3)c2)cc1. The van der Waals surface area contributed by atoms with E-state index in [0.717, 1.165) is 95.3 Å². The molecule has 0 saturated carbocycles. The first kappa shape index (κ1) is 46.2. The third kappa shape index (κ3) is 7.44. The molecule has 0 N–H and O–H groups in total. The van der Waals surface area contributed by atoms with E-state index in [4.69, 9.17) is 9.40 Å². The van der Waals surface area contributed by atoms with Crippen LogP contribution >= 0.6 is 0 Å². The maximum Gasteiger partial charge on any atom is 0.252 e. The van der Waals surface area contributed by atoms with Gasteiger partial charge in [0.2, 0.25) is 5.89 Å². The molecule has 0 aliphatic carbocycles. The summed E-state index contributed by atoms with van der Waals surface area (Å²) in [5, 5.41) is 9.52. The first-order valence-corrected chi connectivity index (χ1v) is 28.2. The molecule has 0 radical (unpaired) electrons. The van der Waals surface area contributed by atoms with Crippen LogP contribution < -0.4 is 26.2 Å². The van der Waals surface area contributed by atoms with Crippen molar-refractivity contribution in [1.82, 2.24) is 4.98 Å². The Morgan fingerprint density at radius 1 is 0.293 bits per heavy atom. The molecule has 4 nitrogen and oxygen atoms in total. The molecule has 3 heterocycles. The van der Waals surface area contributed by atoms with E-state index in [-0.39, 0.29) is 6.71 Å². The Bertz CT molecular complexity index is 4630. The van der Waals surface area contributed by atoms with Crippen LogP contribution in [0.5, 0.6) is 0 Å². The minimum atomic E-state index is -0.191. The second-order valence-corrected chi connectivity index (χ2v) is 21.9. The van der Waals surface area contributed by atoms with E-state index in [9.17, 15) is 0 Å². The Kier molecular flexibility index (Phi) is 10.4. The summed E-state index contributed by atoms with van der Waals surface area (Å²) in [6.45, 7) is -0.191. The zero-order valence-corrected chi connectivity index (χ0v) is 44.5. The first-order valence-electron chi connectivity index (χ1n) is 28.2. The second kappa shape index (κ2) is 18.4. The fourth-order valence-electron chi connectivity index (χ4n) is 13.3. The summed E-state index contributed by atoms with van der Waals surface area (Å²) in [6.07, 6.45) is 0. The van der Waals surface area contributed by atoms with E-state index in [1.54, 1.807) is 0 Å². The van der Waals surface area contributed by atoms with E-state index in [0.29, 0.717) is 5.89 Å². The van der Waals surface area contributed by atoms with Crippen molar-refractivity contribution in [1.29, 1.82) is 0 Å². The number of aromatic nitrogens is 1. The molecule has 14 aromatic carbocycles. The highest BCUT2D eigenvalue weighted by Gasteiger charge is 2.45. The van der Waals surface area contributed by atoms with Gasteiger partial charge in [0, 0.05) is 50.5 Å². The topological polar surface area (TPSA) is 32.5 Å². The number of benzene rings is 14. The number of oxazole rings is 1. The smallest absolute Gasteiger partial charge is 0.252 e. The van der Waals surface area contributed by atoms with Crippen molar-refractivity contribution < 1.29 is 4.42 Å². The molecule has 380 valence electrons. The summed E-state index contributed by atoms with van der Waals surface area (Å²) in [6, 6.07) is 107. The highest BCUT2D eigenvalue weighted by molar-refractivity contribution is 7.00. The summed E-state index contributed by atoms with van der Waals surface area (Å²) in [7, 11) is 0. The minimum Gasteiger partial charge on any atom is -0.436 e. The Morgan fingerprint density at radius 3 is 1.09 bits per heavy atom. The lowest BCUT2D eigenvalue weighted by Gasteiger charge is -2.45. The molecule has 0 spiro atoms. The van der Waals surface area contributed by atoms with Crippen LogP contribution in [0.15, 0.2) is 296 Å². The lowest BCUT2D eigenvalue weighted by atomic mass is 9.33. The number of rotatable bonds is 7. The summed E-state index contributed by atoms with van der Waals surface area (Å²) >= 11 is 0. The van der Waals surface area contributed by atoms with E-state index >= 15 is 0 Å². The molecule has 82 heavy (non-hydrogen) atoms. The normalized spacial score (nSPS) is 12.6. The summed E-state index contributed by atoms with van der Waals surface area (Å²) < 4.78 is 6.91. The standard InChI is InChI=1S/C77H48BN3O/c1-5-19-49(20-6-1)59-39-60(50-21-7-2-8-22-50)42-64(41-59)80-71-47-63(77-79-70-31-17-18-32-73(70)82-77)48-72-74(71)78(68-35-33-57-37-53-27-13-15-29-55(53)45-66(57)75(68)80)69-36-34-58-38-54-28-14-16-30-56(54)46-67(58)76(69)81(72)65-43-61(51-23-9-3-10-24-51)40-62(44-65)52-25-11-4-12-26-52/h1-48H. The van der Waals surface area contributed by atoms with Crippen molar-refractivity contribution in [3.63, 3.8) is 0 Å². The number of para-hydroxylation sites is 2. The maximum atomic E-state index is 6.91. The zero-order chi connectivity index (χ0) is 53.8. The predicted octanol–water partition coefficient (Wildman–Crippen LogP) is 18.9. The summed E-state index contributed by atoms with van der Waals surface area (Å²) in [4.78, 5) is 10.5. The molecule has 0 fully saturated rings. The second-order valence-electron chi connectivity index (χ2n) is 21.9. The summed E-state index contributed by atoms with van der Waals surface area (Å²) in [5.41, 5.74) is 21.8. The van der Waals surface area contributed by atoms with Crippen LogP contribution in [0, 0.1) is 0 Å². The van der Waals surface area contributed by atoms with E-state index in [1.165, 1.54) is 59.5 Å². The Morgan fingerprint density at radius 2 is 0.671 bits per heavy atom. The maximum absolute atomic E-state index is 6.91. The lowest BCUT2D eigenvalue weighted by molar-refractivity contribution is 0.620. The Balaban J connectivity index is 1.05. The Hall–Kier alpha value is -10.7. The predicted molar refractivity (Wildman–Crippen MR) is 345 cm³/mol. The van der Waals surface area contributed by atoms with Gasteiger partial charge in [0.25, 0.3) is 6.71 Å². The number of nitrogens with zero attached hydrogens (tertiary/aromatic N) is 3. The molecule has 2 aliphatic heterocycles. The third-order valence-electron chi connectivity index (χ3n) is 17.1. The van der Waals surface area contributed by atoms with Gasteiger partial charge < -0.3 is 14.2 Å². The fourth-order valence-corrected chi connectivity index (χ4v) is 13.3. The van der Waals surface area contributed by atoms with Crippen molar-refractivity contribution in [3.05, 3.63) is 291 Å². The number of anilines is 6. The molecular weight excluding hydrogens is 994 g/mol. The average Bonchev–Trinajstić information content (AvgIpc) is 3.88. The van der Waals surface area contributed by atoms with Crippen LogP contribution in [0.25, 0.3) is 110 Å². The molecule has 2 aliphatic rings. The number of fused-ring (bicyclic) bond motifs is 11. The van der Waals surface area contributed by atoms with Gasteiger partial charge in [0.15, 0.2) is 5.58 Å². The lowest BCUT2D eigenvalue weighted by Crippen LogP contribution is -2.61. The average molecular weight is 1040 g/mol. The van der Waals surface area contributed by atoms with Crippen molar-refractivity contribution in [2.45, 2.75) is 0 Å². The van der Waals surface area contributed by atoms with Gasteiger partial charge in [-0.05, 0) is 178 Å². The third-order valence-corrected chi connectivity index (χ3v) is 17.1. The Labute approximate surface area is 475 Å².